The van der Waals surface area contributed by atoms with Gasteiger partial charge in [-0.25, -0.2) is 9.78 Å². The molecule has 0 atom stereocenters. The lowest BCUT2D eigenvalue weighted by Crippen LogP contribution is -2.19. The Bertz CT molecular complexity index is 800. The summed E-state index contributed by atoms with van der Waals surface area (Å²) in [5.74, 6) is -0.0635. The van der Waals surface area contributed by atoms with Crippen molar-refractivity contribution in [2.24, 2.45) is 0 Å². The van der Waals surface area contributed by atoms with Crippen LogP contribution in [-0.4, -0.2) is 36.5 Å². The number of fused-ring (bicyclic) bond motifs is 1. The number of carbonyl (C=O) groups is 1. The van der Waals surface area contributed by atoms with E-state index in [1.54, 1.807) is 30.1 Å². The zero-order valence-electron chi connectivity index (χ0n) is 13.1. The first-order chi connectivity index (χ1) is 11.9. The van der Waals surface area contributed by atoms with E-state index in [4.69, 9.17) is 14.6 Å². The summed E-state index contributed by atoms with van der Waals surface area (Å²) >= 11 is 0. The third-order valence-corrected chi connectivity index (χ3v) is 3.52. The molecular formula is C16H14F2N2O5. The molecule has 0 unspecified atom stereocenters. The number of anilines is 1. The Kier molecular flexibility index (Phi) is 4.55. The number of pyridine rings is 1. The number of halogens is 2. The van der Waals surface area contributed by atoms with E-state index in [1.807, 2.05) is 0 Å². The molecule has 9 heteroatoms. The van der Waals surface area contributed by atoms with Gasteiger partial charge in [0, 0.05) is 25.2 Å². The van der Waals surface area contributed by atoms with E-state index < -0.39 is 12.6 Å². The molecule has 0 radical (unpaired) electrons. The van der Waals surface area contributed by atoms with Crippen molar-refractivity contribution in [3.05, 3.63) is 41.6 Å². The van der Waals surface area contributed by atoms with Gasteiger partial charge >= 0.3 is 12.6 Å². The van der Waals surface area contributed by atoms with Crippen LogP contribution >= 0.6 is 0 Å². The Hall–Kier alpha value is -3.10. The van der Waals surface area contributed by atoms with Gasteiger partial charge in [0.05, 0.1) is 0 Å². The summed E-state index contributed by atoms with van der Waals surface area (Å²) < 4.78 is 40.3. The van der Waals surface area contributed by atoms with E-state index in [1.165, 1.54) is 12.1 Å². The zero-order valence-corrected chi connectivity index (χ0v) is 13.1. The highest BCUT2D eigenvalue weighted by atomic mass is 19.3. The molecule has 132 valence electrons. The van der Waals surface area contributed by atoms with Gasteiger partial charge in [0.2, 0.25) is 6.79 Å². The van der Waals surface area contributed by atoms with Crippen molar-refractivity contribution in [2.45, 2.75) is 13.2 Å². The maximum Gasteiger partial charge on any atom is 0.387 e. The van der Waals surface area contributed by atoms with E-state index in [-0.39, 0.29) is 24.8 Å². The second-order valence-corrected chi connectivity index (χ2v) is 5.23. The molecule has 1 N–H and O–H groups in total. The smallest absolute Gasteiger partial charge is 0.387 e. The lowest BCUT2D eigenvalue weighted by molar-refractivity contribution is -0.0505. The van der Waals surface area contributed by atoms with Gasteiger partial charge < -0.3 is 24.2 Å². The molecule has 0 spiro atoms. The van der Waals surface area contributed by atoms with Crippen LogP contribution in [0.1, 0.15) is 16.1 Å². The average molecular weight is 352 g/mol. The fourth-order valence-corrected chi connectivity index (χ4v) is 2.39. The van der Waals surface area contributed by atoms with Crippen LogP contribution < -0.4 is 19.1 Å². The number of alkyl halides is 2. The fourth-order valence-electron chi connectivity index (χ4n) is 2.39. The molecule has 1 aromatic carbocycles. The normalized spacial score (nSPS) is 12.3. The predicted molar refractivity (Wildman–Crippen MR) is 82.5 cm³/mol. The Morgan fingerprint density at radius 1 is 1.36 bits per heavy atom. The fraction of sp³-hybridized carbons (Fsp3) is 0.250. The minimum absolute atomic E-state index is 0.00492. The van der Waals surface area contributed by atoms with Crippen molar-refractivity contribution in [3.63, 3.8) is 0 Å². The molecule has 2 aromatic rings. The van der Waals surface area contributed by atoms with Gasteiger partial charge in [0.15, 0.2) is 17.2 Å². The van der Waals surface area contributed by atoms with Gasteiger partial charge in [-0.1, -0.05) is 6.07 Å². The molecule has 1 aliphatic rings. The molecule has 0 aliphatic carbocycles. The van der Waals surface area contributed by atoms with Crippen molar-refractivity contribution in [3.8, 4) is 17.2 Å². The minimum atomic E-state index is -2.99. The van der Waals surface area contributed by atoms with Crippen molar-refractivity contribution in [2.75, 3.05) is 18.7 Å². The van der Waals surface area contributed by atoms with Crippen molar-refractivity contribution in [1.82, 2.24) is 4.98 Å². The van der Waals surface area contributed by atoms with Gasteiger partial charge in [-0.2, -0.15) is 8.78 Å². The molecule has 0 amide bonds. The molecule has 0 fully saturated rings. The quantitative estimate of drug-likeness (QED) is 0.856. The Morgan fingerprint density at radius 2 is 2.08 bits per heavy atom. The molecule has 25 heavy (non-hydrogen) atoms. The number of aromatic nitrogens is 1. The second kappa shape index (κ2) is 6.80. The van der Waals surface area contributed by atoms with E-state index in [2.05, 4.69) is 9.72 Å². The number of benzene rings is 1. The second-order valence-electron chi connectivity index (χ2n) is 5.23. The summed E-state index contributed by atoms with van der Waals surface area (Å²) in [5, 5.41) is 9.02. The number of aromatic carboxylic acids is 1. The summed E-state index contributed by atoms with van der Waals surface area (Å²) in [4.78, 5) is 16.6. The molecular weight excluding hydrogens is 338 g/mol. The van der Waals surface area contributed by atoms with E-state index in [9.17, 15) is 13.6 Å². The van der Waals surface area contributed by atoms with Crippen molar-refractivity contribution >= 4 is 11.8 Å². The summed E-state index contributed by atoms with van der Waals surface area (Å²) in [6.45, 7) is -2.84. The molecule has 7 nitrogen and oxygen atoms in total. The van der Waals surface area contributed by atoms with Crippen LogP contribution in [0.4, 0.5) is 14.6 Å². The molecule has 0 saturated carbocycles. The minimum Gasteiger partial charge on any atom is -0.477 e. The maximum absolute atomic E-state index is 12.7. The van der Waals surface area contributed by atoms with Gasteiger partial charge in [0.25, 0.3) is 0 Å². The lowest BCUT2D eigenvalue weighted by Gasteiger charge is -2.20. The number of carboxylic acids is 1. The highest BCUT2D eigenvalue weighted by Gasteiger charge is 2.21. The van der Waals surface area contributed by atoms with Crippen LogP contribution in [0.2, 0.25) is 0 Å². The zero-order chi connectivity index (χ0) is 18.0. The standard InChI is InChI=1S/C16H14F2N2O5/c1-20(14-4-2-3-10(19-14)15(21)22)7-9-5-12-13(24-8-23-12)6-11(9)25-16(17)18/h2-6,16H,7-8H2,1H3,(H,21,22). The van der Waals surface area contributed by atoms with Gasteiger partial charge in [0.1, 0.15) is 11.6 Å². The van der Waals surface area contributed by atoms with E-state index in [0.717, 1.165) is 0 Å². The number of hydrogen-bond acceptors (Lipinski definition) is 6. The monoisotopic (exact) mass is 352 g/mol. The van der Waals surface area contributed by atoms with Gasteiger partial charge in [-0.05, 0) is 18.2 Å². The van der Waals surface area contributed by atoms with Crippen LogP contribution in [-0.2, 0) is 6.54 Å². The van der Waals surface area contributed by atoms with E-state index >= 15 is 0 Å². The SMILES string of the molecule is CN(Cc1cc2c(cc1OC(F)F)OCO2)c1cccc(C(=O)O)n1. The number of hydrogen-bond donors (Lipinski definition) is 1. The third kappa shape index (κ3) is 3.70. The molecule has 0 bridgehead atoms. The Morgan fingerprint density at radius 3 is 2.76 bits per heavy atom. The Labute approximate surface area is 141 Å². The number of nitrogens with zero attached hydrogens (tertiary/aromatic N) is 2. The number of ether oxygens (including phenoxy) is 3. The average Bonchev–Trinajstić information content (AvgIpc) is 3.01. The lowest BCUT2D eigenvalue weighted by atomic mass is 10.1. The molecule has 1 aliphatic heterocycles. The third-order valence-electron chi connectivity index (χ3n) is 3.52. The van der Waals surface area contributed by atoms with Gasteiger partial charge in [-0.15, -0.1) is 0 Å². The Balaban J connectivity index is 1.88. The highest BCUT2D eigenvalue weighted by molar-refractivity contribution is 5.85. The highest BCUT2D eigenvalue weighted by Crippen LogP contribution is 2.39. The van der Waals surface area contributed by atoms with Crippen molar-refractivity contribution in [1.29, 1.82) is 0 Å². The largest absolute Gasteiger partial charge is 0.477 e. The van der Waals surface area contributed by atoms with Crippen LogP contribution in [0.15, 0.2) is 30.3 Å². The number of rotatable bonds is 6. The first kappa shape index (κ1) is 16.7. The maximum atomic E-state index is 12.7. The molecule has 3 rings (SSSR count). The predicted octanol–water partition coefficient (Wildman–Crippen LogP) is 2.75. The van der Waals surface area contributed by atoms with E-state index in [0.29, 0.717) is 22.9 Å². The van der Waals surface area contributed by atoms with Crippen LogP contribution in [0.3, 0.4) is 0 Å². The summed E-state index contributed by atoms with van der Waals surface area (Å²) in [7, 11) is 1.66. The number of carboxylic acid groups (broad SMARTS) is 1. The van der Waals surface area contributed by atoms with Crippen molar-refractivity contribution < 1.29 is 32.9 Å². The summed E-state index contributed by atoms with van der Waals surface area (Å²) in [6.07, 6.45) is 0. The van der Waals surface area contributed by atoms with Crippen LogP contribution in [0.25, 0.3) is 0 Å². The molecule has 1 aromatic heterocycles. The summed E-state index contributed by atoms with van der Waals surface area (Å²) in [6, 6.07) is 7.44. The molecule has 2 heterocycles. The van der Waals surface area contributed by atoms with Crippen LogP contribution in [0, 0.1) is 0 Å². The van der Waals surface area contributed by atoms with Crippen LogP contribution in [0.5, 0.6) is 17.2 Å². The first-order valence-electron chi connectivity index (χ1n) is 7.23. The first-order valence-corrected chi connectivity index (χ1v) is 7.23. The van der Waals surface area contributed by atoms with Gasteiger partial charge in [-0.3, -0.25) is 0 Å². The summed E-state index contributed by atoms with van der Waals surface area (Å²) in [5.41, 5.74) is 0.314. The topological polar surface area (TPSA) is 81.1 Å². The molecule has 0 saturated heterocycles.